The van der Waals surface area contributed by atoms with Gasteiger partial charge < -0.3 is 10.2 Å². The molecule has 1 aromatic heterocycles. The molecule has 6 nitrogen and oxygen atoms in total. The summed E-state index contributed by atoms with van der Waals surface area (Å²) in [6, 6.07) is 6.03. The SMILES string of the molecule is CCc1cccc(C)c1NC(=O)CSc1nnc(SCC(=O)N(CC)CC)s1. The maximum atomic E-state index is 12.3. The predicted octanol–water partition coefficient (Wildman–Crippen LogP) is 4.10. The first kappa shape index (κ1) is 22.7. The van der Waals surface area contributed by atoms with Crippen LogP contribution in [0, 0.1) is 6.92 Å². The summed E-state index contributed by atoms with van der Waals surface area (Å²) in [5, 5.41) is 11.2. The Balaban J connectivity index is 1.84. The fraction of sp³-hybridized carbons (Fsp3) is 0.474. The average Bonchev–Trinajstić information content (AvgIpc) is 3.15. The number of aryl methyl sites for hydroxylation is 2. The first-order valence-electron chi connectivity index (χ1n) is 9.23. The first-order chi connectivity index (χ1) is 13.5. The Hall–Kier alpha value is -1.58. The van der Waals surface area contributed by atoms with Crippen molar-refractivity contribution in [2.45, 2.75) is 42.8 Å². The summed E-state index contributed by atoms with van der Waals surface area (Å²) in [6.07, 6.45) is 0.869. The normalized spacial score (nSPS) is 10.7. The molecular formula is C19H26N4O2S3. The van der Waals surface area contributed by atoms with Gasteiger partial charge in [0.2, 0.25) is 11.8 Å². The fourth-order valence-corrected chi connectivity index (χ4v) is 5.33. The highest BCUT2D eigenvalue weighted by Crippen LogP contribution is 2.29. The van der Waals surface area contributed by atoms with Crippen LogP contribution in [0.4, 0.5) is 5.69 Å². The number of para-hydroxylation sites is 1. The Morgan fingerprint density at radius 2 is 1.71 bits per heavy atom. The zero-order valence-electron chi connectivity index (χ0n) is 16.7. The predicted molar refractivity (Wildman–Crippen MR) is 118 cm³/mol. The van der Waals surface area contributed by atoms with E-state index in [0.29, 0.717) is 18.8 Å². The monoisotopic (exact) mass is 438 g/mol. The van der Waals surface area contributed by atoms with E-state index in [0.717, 1.165) is 31.9 Å². The zero-order valence-corrected chi connectivity index (χ0v) is 19.1. The van der Waals surface area contributed by atoms with Crippen molar-refractivity contribution in [3.05, 3.63) is 29.3 Å². The molecule has 0 saturated carbocycles. The second-order valence-electron chi connectivity index (χ2n) is 5.99. The minimum atomic E-state index is -0.0601. The summed E-state index contributed by atoms with van der Waals surface area (Å²) < 4.78 is 1.48. The van der Waals surface area contributed by atoms with Gasteiger partial charge in [-0.3, -0.25) is 9.59 Å². The van der Waals surface area contributed by atoms with Crippen molar-refractivity contribution in [1.29, 1.82) is 0 Å². The lowest BCUT2D eigenvalue weighted by Crippen LogP contribution is -2.31. The van der Waals surface area contributed by atoms with E-state index in [4.69, 9.17) is 0 Å². The van der Waals surface area contributed by atoms with Gasteiger partial charge >= 0.3 is 0 Å². The molecule has 1 heterocycles. The van der Waals surface area contributed by atoms with Gasteiger partial charge in [0, 0.05) is 18.8 Å². The molecular weight excluding hydrogens is 412 g/mol. The number of carbonyl (C=O) groups excluding carboxylic acids is 2. The third kappa shape index (κ3) is 6.49. The number of anilines is 1. The third-order valence-electron chi connectivity index (χ3n) is 4.15. The van der Waals surface area contributed by atoms with Crippen LogP contribution in [-0.2, 0) is 16.0 Å². The molecule has 0 aliphatic heterocycles. The molecule has 0 unspecified atom stereocenters. The van der Waals surface area contributed by atoms with Crippen LogP contribution >= 0.6 is 34.9 Å². The first-order valence-corrected chi connectivity index (χ1v) is 12.0. The van der Waals surface area contributed by atoms with E-state index in [1.165, 1.54) is 34.9 Å². The van der Waals surface area contributed by atoms with Crippen molar-refractivity contribution in [2.75, 3.05) is 29.9 Å². The number of benzene rings is 1. The summed E-state index contributed by atoms with van der Waals surface area (Å²) in [7, 11) is 0. The second kappa shape index (κ2) is 11.4. The van der Waals surface area contributed by atoms with Crippen molar-refractivity contribution in [1.82, 2.24) is 15.1 Å². The van der Waals surface area contributed by atoms with Crippen LogP contribution < -0.4 is 5.32 Å². The quantitative estimate of drug-likeness (QED) is 0.563. The van der Waals surface area contributed by atoms with Crippen LogP contribution in [0.1, 0.15) is 31.9 Å². The Morgan fingerprint density at radius 1 is 1.07 bits per heavy atom. The zero-order chi connectivity index (χ0) is 20.5. The molecule has 0 bridgehead atoms. The van der Waals surface area contributed by atoms with Crippen molar-refractivity contribution >= 4 is 52.4 Å². The summed E-state index contributed by atoms with van der Waals surface area (Å²) in [4.78, 5) is 26.2. The van der Waals surface area contributed by atoms with Crippen LogP contribution in [0.5, 0.6) is 0 Å². The Bertz CT molecular complexity index is 806. The van der Waals surface area contributed by atoms with Crippen LogP contribution in [0.15, 0.2) is 26.9 Å². The molecule has 1 aromatic carbocycles. The van der Waals surface area contributed by atoms with Crippen molar-refractivity contribution in [2.24, 2.45) is 0 Å². The van der Waals surface area contributed by atoms with Crippen LogP contribution in [-0.4, -0.2) is 51.5 Å². The van der Waals surface area contributed by atoms with Gasteiger partial charge in [-0.25, -0.2) is 0 Å². The molecule has 0 radical (unpaired) electrons. The minimum absolute atomic E-state index is 0.0601. The van der Waals surface area contributed by atoms with Gasteiger partial charge in [-0.05, 0) is 38.3 Å². The van der Waals surface area contributed by atoms with E-state index >= 15 is 0 Å². The lowest BCUT2D eigenvalue weighted by Gasteiger charge is -2.17. The number of amides is 2. The van der Waals surface area contributed by atoms with E-state index in [9.17, 15) is 9.59 Å². The Kier molecular flexibility index (Phi) is 9.27. The molecule has 0 saturated heterocycles. The second-order valence-corrected chi connectivity index (χ2v) is 9.41. The molecule has 2 amide bonds. The van der Waals surface area contributed by atoms with Crippen molar-refractivity contribution in [3.63, 3.8) is 0 Å². The largest absolute Gasteiger partial charge is 0.343 e. The van der Waals surface area contributed by atoms with Crippen molar-refractivity contribution in [3.8, 4) is 0 Å². The molecule has 0 spiro atoms. The van der Waals surface area contributed by atoms with Crippen LogP contribution in [0.25, 0.3) is 0 Å². The van der Waals surface area contributed by atoms with Gasteiger partial charge in [0.25, 0.3) is 0 Å². The topological polar surface area (TPSA) is 75.2 Å². The molecule has 2 aromatic rings. The molecule has 0 aliphatic rings. The number of hydrogen-bond acceptors (Lipinski definition) is 7. The van der Waals surface area contributed by atoms with Crippen LogP contribution in [0.3, 0.4) is 0 Å². The lowest BCUT2D eigenvalue weighted by atomic mass is 10.1. The van der Waals surface area contributed by atoms with E-state index in [1.807, 2.05) is 39.0 Å². The molecule has 152 valence electrons. The van der Waals surface area contributed by atoms with E-state index in [1.54, 1.807) is 4.90 Å². The van der Waals surface area contributed by atoms with Crippen molar-refractivity contribution < 1.29 is 9.59 Å². The summed E-state index contributed by atoms with van der Waals surface area (Å²) in [5.41, 5.74) is 3.09. The van der Waals surface area contributed by atoms with E-state index in [2.05, 4.69) is 22.4 Å². The highest BCUT2D eigenvalue weighted by atomic mass is 32.2. The van der Waals surface area contributed by atoms with Gasteiger partial charge in [0.05, 0.1) is 11.5 Å². The molecule has 0 aliphatic carbocycles. The average molecular weight is 439 g/mol. The maximum absolute atomic E-state index is 12.3. The smallest absolute Gasteiger partial charge is 0.234 e. The minimum Gasteiger partial charge on any atom is -0.343 e. The number of hydrogen-bond donors (Lipinski definition) is 1. The number of thioether (sulfide) groups is 2. The highest BCUT2D eigenvalue weighted by Gasteiger charge is 2.14. The molecule has 1 N–H and O–H groups in total. The number of nitrogens with zero attached hydrogens (tertiary/aromatic N) is 3. The van der Waals surface area contributed by atoms with Gasteiger partial charge in [0.1, 0.15) is 0 Å². The number of rotatable bonds is 10. The Labute approximate surface area is 178 Å². The lowest BCUT2D eigenvalue weighted by molar-refractivity contribution is -0.128. The summed E-state index contributed by atoms with van der Waals surface area (Å²) >= 11 is 4.17. The fourth-order valence-electron chi connectivity index (χ4n) is 2.61. The van der Waals surface area contributed by atoms with Crippen LogP contribution in [0.2, 0.25) is 0 Å². The molecule has 28 heavy (non-hydrogen) atoms. The molecule has 9 heteroatoms. The van der Waals surface area contributed by atoms with E-state index < -0.39 is 0 Å². The standard InChI is InChI=1S/C19H26N4O2S3/c1-5-14-10-8-9-13(4)17(14)20-15(24)11-26-18-21-22-19(28-18)27-12-16(25)23(6-2)7-3/h8-10H,5-7,11-12H2,1-4H3,(H,20,24). The summed E-state index contributed by atoms with van der Waals surface area (Å²) in [6.45, 7) is 9.43. The molecule has 0 atom stereocenters. The number of nitrogens with one attached hydrogen (secondary N) is 1. The highest BCUT2D eigenvalue weighted by molar-refractivity contribution is 8.03. The number of aromatic nitrogens is 2. The molecule has 0 fully saturated rings. The molecule has 2 rings (SSSR count). The van der Waals surface area contributed by atoms with Gasteiger partial charge in [0.15, 0.2) is 8.68 Å². The Morgan fingerprint density at radius 3 is 2.32 bits per heavy atom. The maximum Gasteiger partial charge on any atom is 0.234 e. The number of carbonyl (C=O) groups is 2. The third-order valence-corrected chi connectivity index (χ3v) is 7.33. The van der Waals surface area contributed by atoms with Gasteiger partial charge in [-0.1, -0.05) is 60.0 Å². The van der Waals surface area contributed by atoms with Gasteiger partial charge in [-0.15, -0.1) is 10.2 Å². The van der Waals surface area contributed by atoms with Gasteiger partial charge in [-0.2, -0.15) is 0 Å². The summed E-state index contributed by atoms with van der Waals surface area (Å²) in [5.74, 6) is 0.669. The van der Waals surface area contributed by atoms with E-state index in [-0.39, 0.29) is 17.6 Å².